The van der Waals surface area contributed by atoms with E-state index in [1.807, 2.05) is 25.7 Å². The zero-order valence-electron chi connectivity index (χ0n) is 14.9. The number of hydrogen-bond donors (Lipinski definition) is 1. The van der Waals surface area contributed by atoms with E-state index < -0.39 is 10.0 Å². The Hall–Kier alpha value is -1.15. The maximum absolute atomic E-state index is 12.7. The molecule has 1 heterocycles. The van der Waals surface area contributed by atoms with Gasteiger partial charge in [-0.15, -0.1) is 0 Å². The number of carbonyl (C=O) groups excluding carboxylic acids is 1. The van der Waals surface area contributed by atoms with Gasteiger partial charge in [0.25, 0.3) is 0 Å². The molecule has 1 aliphatic rings. The quantitative estimate of drug-likeness (QED) is 0.808. The van der Waals surface area contributed by atoms with Gasteiger partial charge >= 0.3 is 0 Å². The number of amides is 1. The smallest absolute Gasteiger partial charge is 0.243 e. The lowest BCUT2D eigenvalue weighted by molar-refractivity contribution is -0.126. The average Bonchev–Trinajstić information content (AvgIpc) is 2.59. The first kappa shape index (κ1) is 20.2. The van der Waals surface area contributed by atoms with Crippen LogP contribution in [0, 0.1) is 5.92 Å². The van der Waals surface area contributed by atoms with Crippen molar-refractivity contribution in [2.75, 3.05) is 32.7 Å². The summed E-state index contributed by atoms with van der Waals surface area (Å²) in [5.41, 5.74) is 0. The average molecular weight is 388 g/mol. The number of halogens is 1. The summed E-state index contributed by atoms with van der Waals surface area (Å²) in [4.78, 5) is 14.4. The Morgan fingerprint density at radius 2 is 1.68 bits per heavy atom. The number of carbonyl (C=O) groups is 1. The predicted octanol–water partition coefficient (Wildman–Crippen LogP) is 1.81. The molecule has 1 fully saturated rings. The third-order valence-corrected chi connectivity index (χ3v) is 6.50. The second-order valence-electron chi connectivity index (χ2n) is 6.71. The largest absolute Gasteiger partial charge is 0.354 e. The van der Waals surface area contributed by atoms with E-state index in [4.69, 9.17) is 11.6 Å². The highest BCUT2D eigenvalue weighted by molar-refractivity contribution is 7.89. The molecule has 1 N–H and O–H groups in total. The second kappa shape index (κ2) is 8.49. The highest BCUT2D eigenvalue weighted by Gasteiger charge is 2.31. The van der Waals surface area contributed by atoms with Crippen LogP contribution in [-0.4, -0.2) is 62.3 Å². The number of nitrogens with one attached hydrogen (secondary N) is 1. The van der Waals surface area contributed by atoms with Crippen LogP contribution < -0.4 is 5.32 Å². The maximum Gasteiger partial charge on any atom is 0.243 e. The van der Waals surface area contributed by atoms with Crippen LogP contribution in [0.2, 0.25) is 5.02 Å². The monoisotopic (exact) mass is 387 g/mol. The molecule has 0 unspecified atom stereocenters. The standard InChI is InChI=1S/C17H26ClN3O3S/c1-13(2)12-19-17(22)14(3)20-8-10-21(11-9-20)25(23,24)16-6-4-15(18)5-7-16/h4-7,13-14H,8-12H2,1-3H3,(H,19,22)/t14-/m0/s1. The van der Waals surface area contributed by atoms with Crippen molar-refractivity contribution in [3.8, 4) is 0 Å². The molecular formula is C17H26ClN3O3S. The summed E-state index contributed by atoms with van der Waals surface area (Å²) in [5, 5.41) is 3.43. The summed E-state index contributed by atoms with van der Waals surface area (Å²) in [6, 6.07) is 5.93. The lowest BCUT2D eigenvalue weighted by Crippen LogP contribution is -2.55. The molecule has 140 valence electrons. The molecule has 6 nitrogen and oxygen atoms in total. The SMILES string of the molecule is CC(C)CNC(=O)[C@H](C)N1CCN(S(=O)(=O)c2ccc(Cl)cc2)CC1. The predicted molar refractivity (Wildman–Crippen MR) is 99.1 cm³/mol. The Morgan fingerprint density at radius 1 is 1.12 bits per heavy atom. The molecule has 0 aliphatic carbocycles. The number of rotatable bonds is 6. The molecule has 1 amide bonds. The molecule has 0 spiro atoms. The molecule has 1 atom stereocenters. The van der Waals surface area contributed by atoms with E-state index >= 15 is 0 Å². The fourth-order valence-electron chi connectivity index (χ4n) is 2.71. The Bertz CT molecular complexity index is 684. The van der Waals surface area contributed by atoms with E-state index in [0.29, 0.717) is 43.7 Å². The van der Waals surface area contributed by atoms with Gasteiger partial charge < -0.3 is 5.32 Å². The van der Waals surface area contributed by atoms with Crippen molar-refractivity contribution in [1.29, 1.82) is 0 Å². The van der Waals surface area contributed by atoms with Crippen molar-refractivity contribution in [3.63, 3.8) is 0 Å². The highest BCUT2D eigenvalue weighted by atomic mass is 35.5. The summed E-state index contributed by atoms with van der Waals surface area (Å²) in [6.07, 6.45) is 0. The minimum absolute atomic E-state index is 0.0114. The minimum Gasteiger partial charge on any atom is -0.354 e. The number of piperazine rings is 1. The zero-order valence-corrected chi connectivity index (χ0v) is 16.5. The molecule has 1 aliphatic heterocycles. The first-order valence-corrected chi connectivity index (χ1v) is 10.3. The summed E-state index contributed by atoms with van der Waals surface area (Å²) in [6.45, 7) is 8.40. The van der Waals surface area contributed by atoms with Crippen LogP contribution in [0.25, 0.3) is 0 Å². The van der Waals surface area contributed by atoms with Crippen LogP contribution in [-0.2, 0) is 14.8 Å². The fraction of sp³-hybridized carbons (Fsp3) is 0.588. The Labute approximate surface area is 155 Å². The van der Waals surface area contributed by atoms with Crippen molar-refractivity contribution in [3.05, 3.63) is 29.3 Å². The van der Waals surface area contributed by atoms with E-state index in [2.05, 4.69) is 5.32 Å². The molecule has 1 aromatic carbocycles. The fourth-order valence-corrected chi connectivity index (χ4v) is 4.25. The van der Waals surface area contributed by atoms with Gasteiger partial charge in [-0.3, -0.25) is 9.69 Å². The normalized spacial score (nSPS) is 18.3. The van der Waals surface area contributed by atoms with Gasteiger partial charge in [0.1, 0.15) is 0 Å². The molecule has 0 radical (unpaired) electrons. The highest BCUT2D eigenvalue weighted by Crippen LogP contribution is 2.20. The van der Waals surface area contributed by atoms with Crippen LogP contribution >= 0.6 is 11.6 Å². The molecule has 0 aromatic heterocycles. The van der Waals surface area contributed by atoms with Gasteiger partial charge in [0.2, 0.25) is 15.9 Å². The Balaban J connectivity index is 1.94. The molecule has 25 heavy (non-hydrogen) atoms. The second-order valence-corrected chi connectivity index (χ2v) is 9.08. The summed E-state index contributed by atoms with van der Waals surface area (Å²) in [5.74, 6) is 0.389. The van der Waals surface area contributed by atoms with Crippen LogP contribution in [0.1, 0.15) is 20.8 Å². The van der Waals surface area contributed by atoms with Crippen LogP contribution in [0.5, 0.6) is 0 Å². The van der Waals surface area contributed by atoms with Crippen LogP contribution in [0.15, 0.2) is 29.2 Å². The number of sulfonamides is 1. The van der Waals surface area contributed by atoms with E-state index in [0.717, 1.165) is 0 Å². The lowest BCUT2D eigenvalue weighted by Gasteiger charge is -2.36. The zero-order chi connectivity index (χ0) is 18.6. The maximum atomic E-state index is 12.7. The summed E-state index contributed by atoms with van der Waals surface area (Å²) in [7, 11) is -3.52. The third kappa shape index (κ3) is 5.17. The third-order valence-electron chi connectivity index (χ3n) is 4.34. The van der Waals surface area contributed by atoms with Gasteiger partial charge in [0.15, 0.2) is 0 Å². The first-order chi connectivity index (χ1) is 11.7. The van der Waals surface area contributed by atoms with Crippen molar-refractivity contribution < 1.29 is 13.2 Å². The van der Waals surface area contributed by atoms with Gasteiger partial charge in [0.05, 0.1) is 10.9 Å². The van der Waals surface area contributed by atoms with Crippen molar-refractivity contribution >= 4 is 27.5 Å². The number of hydrogen-bond acceptors (Lipinski definition) is 4. The van der Waals surface area contributed by atoms with Crippen molar-refractivity contribution in [2.45, 2.75) is 31.7 Å². The Kier molecular flexibility index (Phi) is 6.85. The number of nitrogens with zero attached hydrogens (tertiary/aromatic N) is 2. The molecule has 1 saturated heterocycles. The molecule has 8 heteroatoms. The van der Waals surface area contributed by atoms with Gasteiger partial charge in [-0.2, -0.15) is 4.31 Å². The van der Waals surface area contributed by atoms with E-state index in [1.54, 1.807) is 12.1 Å². The van der Waals surface area contributed by atoms with Gasteiger partial charge in [-0.05, 0) is 37.1 Å². The van der Waals surface area contributed by atoms with Crippen LogP contribution in [0.4, 0.5) is 0 Å². The topological polar surface area (TPSA) is 69.7 Å². The lowest BCUT2D eigenvalue weighted by atomic mass is 10.2. The van der Waals surface area contributed by atoms with E-state index in [1.165, 1.54) is 16.4 Å². The van der Waals surface area contributed by atoms with Gasteiger partial charge in [-0.1, -0.05) is 25.4 Å². The molecular weight excluding hydrogens is 362 g/mol. The van der Waals surface area contributed by atoms with Crippen LogP contribution in [0.3, 0.4) is 0 Å². The number of benzene rings is 1. The van der Waals surface area contributed by atoms with Crippen molar-refractivity contribution in [2.24, 2.45) is 5.92 Å². The van der Waals surface area contributed by atoms with Crippen molar-refractivity contribution in [1.82, 2.24) is 14.5 Å². The minimum atomic E-state index is -3.52. The molecule has 2 rings (SSSR count). The molecule has 1 aromatic rings. The first-order valence-electron chi connectivity index (χ1n) is 8.49. The molecule has 0 saturated carbocycles. The summed E-state index contributed by atoms with van der Waals surface area (Å²) < 4.78 is 26.8. The van der Waals surface area contributed by atoms with Gasteiger partial charge in [-0.25, -0.2) is 8.42 Å². The summed E-state index contributed by atoms with van der Waals surface area (Å²) >= 11 is 5.82. The van der Waals surface area contributed by atoms with E-state index in [-0.39, 0.29) is 16.8 Å². The van der Waals surface area contributed by atoms with E-state index in [9.17, 15) is 13.2 Å². The van der Waals surface area contributed by atoms with Gasteiger partial charge in [0, 0.05) is 37.7 Å². The Morgan fingerprint density at radius 3 is 2.20 bits per heavy atom. The molecule has 0 bridgehead atoms.